The summed E-state index contributed by atoms with van der Waals surface area (Å²) in [4.78, 5) is 0. The zero-order valence-electron chi connectivity index (χ0n) is 10.1. The molecule has 0 aliphatic heterocycles. The van der Waals surface area contributed by atoms with Gasteiger partial charge in [-0.2, -0.15) is 5.26 Å². The van der Waals surface area contributed by atoms with Crippen LogP contribution in [0.4, 0.5) is 5.69 Å². The first-order valence-electron chi connectivity index (χ1n) is 5.59. The summed E-state index contributed by atoms with van der Waals surface area (Å²) in [5, 5.41) is 12.4. The lowest BCUT2D eigenvalue weighted by Gasteiger charge is -2.17. The molecule has 0 fully saturated rings. The number of methoxy groups -OCH3 is 1. The molecule has 0 heterocycles. The summed E-state index contributed by atoms with van der Waals surface area (Å²) in [5.74, 6) is 0.771. The lowest BCUT2D eigenvalue weighted by Crippen LogP contribution is -2.17. The molecule has 3 heteroatoms. The van der Waals surface area contributed by atoms with Crippen molar-refractivity contribution in [2.24, 2.45) is 0 Å². The Hall–Kier alpha value is -1.69. The Kier molecular flexibility index (Phi) is 4.65. The molecule has 1 aromatic carbocycles. The second-order valence-corrected chi connectivity index (χ2v) is 3.68. The highest BCUT2D eigenvalue weighted by Crippen LogP contribution is 2.23. The number of ether oxygens (including phenoxy) is 1. The highest BCUT2D eigenvalue weighted by molar-refractivity contribution is 5.60. The first-order valence-corrected chi connectivity index (χ1v) is 5.59. The predicted molar refractivity (Wildman–Crippen MR) is 65.7 cm³/mol. The minimum atomic E-state index is 0.402. The normalized spacial score (nSPS) is 9.94. The quantitative estimate of drug-likeness (QED) is 0.825. The fourth-order valence-corrected chi connectivity index (χ4v) is 1.58. The van der Waals surface area contributed by atoms with Gasteiger partial charge in [0, 0.05) is 12.1 Å². The summed E-state index contributed by atoms with van der Waals surface area (Å²) in [6, 6.07) is 8.04. The third-order valence-corrected chi connectivity index (χ3v) is 2.69. The van der Waals surface area contributed by atoms with Crippen LogP contribution >= 0.6 is 0 Å². The Morgan fingerprint density at radius 1 is 1.38 bits per heavy atom. The SMILES string of the molecule is CCC(CC)Nc1cc(OC)ccc1C#N. The van der Waals surface area contributed by atoms with Gasteiger partial charge in [-0.25, -0.2) is 0 Å². The molecule has 0 saturated carbocycles. The average molecular weight is 218 g/mol. The van der Waals surface area contributed by atoms with Crippen molar-refractivity contribution in [3.8, 4) is 11.8 Å². The minimum Gasteiger partial charge on any atom is -0.497 e. The van der Waals surface area contributed by atoms with Crippen molar-refractivity contribution in [2.45, 2.75) is 32.7 Å². The van der Waals surface area contributed by atoms with Gasteiger partial charge in [0.1, 0.15) is 11.8 Å². The van der Waals surface area contributed by atoms with Gasteiger partial charge in [0.05, 0.1) is 18.4 Å². The van der Waals surface area contributed by atoms with Crippen LogP contribution in [0.2, 0.25) is 0 Å². The van der Waals surface area contributed by atoms with Gasteiger partial charge in [-0.05, 0) is 25.0 Å². The van der Waals surface area contributed by atoms with Crippen LogP contribution in [0.1, 0.15) is 32.3 Å². The van der Waals surface area contributed by atoms with Crippen LogP contribution in [0.25, 0.3) is 0 Å². The number of hydrogen-bond donors (Lipinski definition) is 1. The molecule has 0 aliphatic carbocycles. The first-order chi connectivity index (χ1) is 7.74. The van der Waals surface area contributed by atoms with Crippen molar-refractivity contribution in [2.75, 3.05) is 12.4 Å². The molecule has 0 aliphatic rings. The van der Waals surface area contributed by atoms with Gasteiger partial charge in [0.25, 0.3) is 0 Å². The van der Waals surface area contributed by atoms with E-state index in [0.29, 0.717) is 11.6 Å². The number of nitrogens with zero attached hydrogens (tertiary/aromatic N) is 1. The van der Waals surface area contributed by atoms with E-state index >= 15 is 0 Å². The van der Waals surface area contributed by atoms with Crippen LogP contribution in [-0.4, -0.2) is 13.2 Å². The molecule has 0 atom stereocenters. The monoisotopic (exact) mass is 218 g/mol. The summed E-state index contributed by atoms with van der Waals surface area (Å²) in [6.45, 7) is 4.26. The molecular weight excluding hydrogens is 200 g/mol. The summed E-state index contributed by atoms with van der Waals surface area (Å²) >= 11 is 0. The third-order valence-electron chi connectivity index (χ3n) is 2.69. The summed E-state index contributed by atoms with van der Waals surface area (Å²) < 4.78 is 5.15. The Bertz CT molecular complexity index is 378. The van der Waals surface area contributed by atoms with Crippen molar-refractivity contribution in [1.29, 1.82) is 5.26 Å². The van der Waals surface area contributed by atoms with Crippen LogP contribution < -0.4 is 10.1 Å². The number of hydrogen-bond acceptors (Lipinski definition) is 3. The Balaban J connectivity index is 2.96. The van der Waals surface area contributed by atoms with E-state index in [1.54, 1.807) is 19.2 Å². The molecular formula is C13H18N2O. The van der Waals surface area contributed by atoms with Gasteiger partial charge < -0.3 is 10.1 Å². The maximum absolute atomic E-state index is 9.01. The van der Waals surface area contributed by atoms with Crippen molar-refractivity contribution < 1.29 is 4.74 Å². The molecule has 0 amide bonds. The topological polar surface area (TPSA) is 45.0 Å². The van der Waals surface area contributed by atoms with Crippen LogP contribution in [0.15, 0.2) is 18.2 Å². The molecule has 1 aromatic rings. The Labute approximate surface area is 97.0 Å². The summed E-state index contributed by atoms with van der Waals surface area (Å²) in [7, 11) is 1.63. The van der Waals surface area contributed by atoms with Crippen LogP contribution in [-0.2, 0) is 0 Å². The van der Waals surface area contributed by atoms with E-state index in [2.05, 4.69) is 25.2 Å². The van der Waals surface area contributed by atoms with E-state index in [1.807, 2.05) is 6.07 Å². The molecule has 1 N–H and O–H groups in total. The van der Waals surface area contributed by atoms with E-state index in [4.69, 9.17) is 10.00 Å². The highest BCUT2D eigenvalue weighted by atomic mass is 16.5. The molecule has 0 aromatic heterocycles. The lowest BCUT2D eigenvalue weighted by atomic mass is 10.1. The van der Waals surface area contributed by atoms with Gasteiger partial charge in [0.2, 0.25) is 0 Å². The fraction of sp³-hybridized carbons (Fsp3) is 0.462. The summed E-state index contributed by atoms with van der Waals surface area (Å²) in [5.41, 5.74) is 1.52. The Morgan fingerprint density at radius 3 is 2.56 bits per heavy atom. The van der Waals surface area contributed by atoms with Gasteiger partial charge in [-0.3, -0.25) is 0 Å². The van der Waals surface area contributed by atoms with Crippen LogP contribution in [0, 0.1) is 11.3 Å². The van der Waals surface area contributed by atoms with Crippen LogP contribution in [0.5, 0.6) is 5.75 Å². The molecule has 0 radical (unpaired) electrons. The van der Waals surface area contributed by atoms with E-state index in [-0.39, 0.29) is 0 Å². The van der Waals surface area contributed by atoms with E-state index in [1.165, 1.54) is 0 Å². The highest BCUT2D eigenvalue weighted by Gasteiger charge is 2.08. The maximum Gasteiger partial charge on any atom is 0.121 e. The van der Waals surface area contributed by atoms with Crippen molar-refractivity contribution >= 4 is 5.69 Å². The van der Waals surface area contributed by atoms with Gasteiger partial charge in [0.15, 0.2) is 0 Å². The third kappa shape index (κ3) is 2.90. The standard InChI is InChI=1S/C13H18N2O/c1-4-11(5-2)15-13-8-12(16-3)7-6-10(13)9-14/h6-8,11,15H,4-5H2,1-3H3. The fourth-order valence-electron chi connectivity index (χ4n) is 1.58. The number of nitrogens with one attached hydrogen (secondary N) is 1. The zero-order chi connectivity index (χ0) is 12.0. The van der Waals surface area contributed by atoms with E-state index < -0.39 is 0 Å². The molecule has 0 unspecified atom stereocenters. The van der Waals surface area contributed by atoms with Gasteiger partial charge in [-0.1, -0.05) is 13.8 Å². The second kappa shape index (κ2) is 6.02. The van der Waals surface area contributed by atoms with Gasteiger partial charge in [-0.15, -0.1) is 0 Å². The molecule has 0 saturated heterocycles. The van der Waals surface area contributed by atoms with Crippen molar-refractivity contribution in [3.63, 3.8) is 0 Å². The minimum absolute atomic E-state index is 0.402. The molecule has 3 nitrogen and oxygen atoms in total. The van der Waals surface area contributed by atoms with Crippen molar-refractivity contribution in [3.05, 3.63) is 23.8 Å². The lowest BCUT2D eigenvalue weighted by molar-refractivity contribution is 0.415. The average Bonchev–Trinajstić information content (AvgIpc) is 2.35. The molecule has 1 rings (SSSR count). The second-order valence-electron chi connectivity index (χ2n) is 3.68. The molecule has 16 heavy (non-hydrogen) atoms. The maximum atomic E-state index is 9.01. The number of anilines is 1. The van der Waals surface area contributed by atoms with Crippen molar-refractivity contribution in [1.82, 2.24) is 0 Å². The summed E-state index contributed by atoms with van der Waals surface area (Å²) in [6.07, 6.45) is 2.08. The predicted octanol–water partition coefficient (Wildman–Crippen LogP) is 3.17. The first kappa shape index (κ1) is 12.4. The zero-order valence-corrected chi connectivity index (χ0v) is 10.1. The van der Waals surface area contributed by atoms with Gasteiger partial charge >= 0.3 is 0 Å². The van der Waals surface area contributed by atoms with E-state index in [0.717, 1.165) is 24.3 Å². The number of rotatable bonds is 5. The molecule has 86 valence electrons. The van der Waals surface area contributed by atoms with Crippen LogP contribution in [0.3, 0.4) is 0 Å². The number of benzene rings is 1. The molecule has 0 bridgehead atoms. The smallest absolute Gasteiger partial charge is 0.121 e. The van der Waals surface area contributed by atoms with E-state index in [9.17, 15) is 0 Å². The largest absolute Gasteiger partial charge is 0.497 e. The number of nitriles is 1. The Morgan fingerprint density at radius 2 is 2.06 bits per heavy atom. The molecule has 0 spiro atoms.